The summed E-state index contributed by atoms with van der Waals surface area (Å²) >= 11 is 0. The van der Waals surface area contributed by atoms with E-state index < -0.39 is 0 Å². The van der Waals surface area contributed by atoms with Gasteiger partial charge in [-0.05, 0) is 36.6 Å². The molecule has 0 saturated carbocycles. The highest BCUT2D eigenvalue weighted by Crippen LogP contribution is 2.34. The molecular formula is C28H39N3O5. The molecule has 3 amide bonds. The second kappa shape index (κ2) is 13.0. The van der Waals surface area contributed by atoms with E-state index in [1.54, 1.807) is 38.1 Å². The molecule has 196 valence electrons. The van der Waals surface area contributed by atoms with Crippen molar-refractivity contribution in [1.29, 1.82) is 0 Å². The Morgan fingerprint density at radius 1 is 0.972 bits per heavy atom. The number of methoxy groups -OCH3 is 2. The number of carbonyl (C=O) groups excluding carboxylic acids is 2. The molecule has 3 rings (SSSR count). The Bertz CT molecular complexity index is 1040. The van der Waals surface area contributed by atoms with Crippen molar-refractivity contribution in [2.24, 2.45) is 0 Å². The quantitative estimate of drug-likeness (QED) is 0.396. The average molecular weight is 498 g/mol. The van der Waals surface area contributed by atoms with Gasteiger partial charge in [-0.25, -0.2) is 4.79 Å². The third kappa shape index (κ3) is 6.83. The number of anilines is 1. The summed E-state index contributed by atoms with van der Waals surface area (Å²) in [6.07, 6.45) is 4.37. The smallest absolute Gasteiger partial charge is 0.324 e. The summed E-state index contributed by atoms with van der Waals surface area (Å²) in [6, 6.07) is 11.3. The van der Waals surface area contributed by atoms with Crippen LogP contribution in [0.2, 0.25) is 0 Å². The lowest BCUT2D eigenvalue weighted by Gasteiger charge is -2.36. The van der Waals surface area contributed by atoms with Crippen LogP contribution in [0.15, 0.2) is 36.4 Å². The van der Waals surface area contributed by atoms with Gasteiger partial charge in [-0.1, -0.05) is 31.9 Å². The summed E-state index contributed by atoms with van der Waals surface area (Å²) in [5, 5.41) is 0. The molecule has 0 radical (unpaired) electrons. The molecule has 2 aromatic rings. The van der Waals surface area contributed by atoms with Gasteiger partial charge in [0.15, 0.2) is 11.5 Å². The number of amides is 3. The predicted octanol–water partition coefficient (Wildman–Crippen LogP) is 4.74. The van der Waals surface area contributed by atoms with Crippen LogP contribution in [0, 0.1) is 0 Å². The van der Waals surface area contributed by atoms with E-state index in [9.17, 15) is 9.59 Å². The molecule has 36 heavy (non-hydrogen) atoms. The minimum Gasteiger partial charge on any atom is -0.496 e. The van der Waals surface area contributed by atoms with Crippen molar-refractivity contribution < 1.29 is 23.8 Å². The standard InChI is InChI=1S/C28H39N3O5/c1-6-7-8-16-36-26-19-23(12-13-24(26)34-4)31-15-9-14-30(28(31)33)20-22-11-10-21(17-25(22)35-5)18-27(32)29(2)3/h10-13,17,19H,6-9,14-16,18,20H2,1-5H3. The number of hydrogen-bond donors (Lipinski definition) is 0. The number of nitrogens with zero attached hydrogens (tertiary/aromatic N) is 3. The molecule has 2 aromatic carbocycles. The fraction of sp³-hybridized carbons (Fsp3) is 0.500. The summed E-state index contributed by atoms with van der Waals surface area (Å²) in [4.78, 5) is 30.8. The Hall–Kier alpha value is -3.42. The Morgan fingerprint density at radius 2 is 1.75 bits per heavy atom. The van der Waals surface area contributed by atoms with Gasteiger partial charge in [0.25, 0.3) is 0 Å². The Labute approximate surface area is 214 Å². The van der Waals surface area contributed by atoms with Gasteiger partial charge in [0.2, 0.25) is 5.91 Å². The highest BCUT2D eigenvalue weighted by Gasteiger charge is 2.28. The van der Waals surface area contributed by atoms with Gasteiger partial charge in [-0.15, -0.1) is 0 Å². The van der Waals surface area contributed by atoms with Gasteiger partial charge in [0.05, 0.1) is 33.8 Å². The Kier molecular flexibility index (Phi) is 9.85. The second-order valence-corrected chi connectivity index (χ2v) is 9.21. The topological polar surface area (TPSA) is 71.5 Å². The van der Waals surface area contributed by atoms with E-state index in [4.69, 9.17) is 14.2 Å². The molecule has 8 nitrogen and oxygen atoms in total. The summed E-state index contributed by atoms with van der Waals surface area (Å²) in [7, 11) is 6.72. The number of ether oxygens (including phenoxy) is 3. The molecule has 0 aliphatic carbocycles. The SMILES string of the molecule is CCCCCOc1cc(N2CCCN(Cc3ccc(CC(=O)N(C)C)cc3OC)C2=O)ccc1OC. The maximum atomic E-state index is 13.5. The third-order valence-electron chi connectivity index (χ3n) is 6.34. The van der Waals surface area contributed by atoms with E-state index in [-0.39, 0.29) is 11.9 Å². The van der Waals surface area contributed by atoms with Crippen LogP contribution < -0.4 is 19.1 Å². The van der Waals surface area contributed by atoms with E-state index in [0.717, 1.165) is 42.5 Å². The summed E-state index contributed by atoms with van der Waals surface area (Å²) in [5.74, 6) is 2.02. The van der Waals surface area contributed by atoms with Crippen LogP contribution >= 0.6 is 0 Å². The number of carbonyl (C=O) groups is 2. The molecule has 1 aliphatic rings. The third-order valence-corrected chi connectivity index (χ3v) is 6.34. The molecule has 0 bridgehead atoms. The lowest BCUT2D eigenvalue weighted by Crippen LogP contribution is -2.49. The first-order chi connectivity index (χ1) is 17.4. The van der Waals surface area contributed by atoms with Crippen molar-refractivity contribution >= 4 is 17.6 Å². The van der Waals surface area contributed by atoms with Crippen LogP contribution in [0.4, 0.5) is 10.5 Å². The van der Waals surface area contributed by atoms with Crippen LogP contribution in [-0.4, -0.2) is 69.7 Å². The zero-order valence-electron chi connectivity index (χ0n) is 22.2. The van der Waals surface area contributed by atoms with Crippen molar-refractivity contribution in [2.75, 3.05) is 52.9 Å². The van der Waals surface area contributed by atoms with Crippen LogP contribution in [-0.2, 0) is 17.8 Å². The number of likely N-dealkylation sites (N-methyl/N-ethyl adjacent to an activating group) is 1. The first-order valence-electron chi connectivity index (χ1n) is 12.6. The minimum atomic E-state index is -0.0581. The van der Waals surface area contributed by atoms with E-state index >= 15 is 0 Å². The number of benzene rings is 2. The molecule has 0 N–H and O–H groups in total. The lowest BCUT2D eigenvalue weighted by atomic mass is 10.1. The normalized spacial score (nSPS) is 13.5. The van der Waals surface area contributed by atoms with Crippen LogP contribution in [0.1, 0.15) is 43.7 Å². The van der Waals surface area contributed by atoms with Gasteiger partial charge in [-0.2, -0.15) is 0 Å². The fourth-order valence-corrected chi connectivity index (χ4v) is 4.22. The van der Waals surface area contributed by atoms with Gasteiger partial charge in [-0.3, -0.25) is 9.69 Å². The predicted molar refractivity (Wildman–Crippen MR) is 141 cm³/mol. The van der Waals surface area contributed by atoms with Crippen LogP contribution in [0.5, 0.6) is 17.2 Å². The van der Waals surface area contributed by atoms with E-state index in [1.165, 1.54) is 0 Å². The van der Waals surface area contributed by atoms with Gasteiger partial charge >= 0.3 is 6.03 Å². The lowest BCUT2D eigenvalue weighted by molar-refractivity contribution is -0.127. The molecule has 1 saturated heterocycles. The Balaban J connectivity index is 1.74. The highest BCUT2D eigenvalue weighted by atomic mass is 16.5. The van der Waals surface area contributed by atoms with Crippen LogP contribution in [0.25, 0.3) is 0 Å². The molecule has 0 aromatic heterocycles. The first kappa shape index (κ1) is 27.2. The second-order valence-electron chi connectivity index (χ2n) is 9.21. The maximum Gasteiger partial charge on any atom is 0.324 e. The molecule has 1 aliphatic heterocycles. The van der Waals surface area contributed by atoms with E-state index in [1.807, 2.05) is 41.3 Å². The molecule has 1 fully saturated rings. The molecule has 1 heterocycles. The summed E-state index contributed by atoms with van der Waals surface area (Å²) in [5.41, 5.74) is 2.58. The monoisotopic (exact) mass is 497 g/mol. The van der Waals surface area contributed by atoms with Gasteiger partial charge in [0, 0.05) is 44.5 Å². The minimum absolute atomic E-state index is 0.0276. The van der Waals surface area contributed by atoms with Crippen molar-refractivity contribution in [2.45, 2.75) is 45.6 Å². The van der Waals surface area contributed by atoms with Crippen molar-refractivity contribution in [3.05, 3.63) is 47.5 Å². The van der Waals surface area contributed by atoms with Gasteiger partial charge < -0.3 is 24.0 Å². The highest BCUT2D eigenvalue weighted by molar-refractivity contribution is 5.93. The van der Waals surface area contributed by atoms with Crippen molar-refractivity contribution in [3.8, 4) is 17.2 Å². The summed E-state index contributed by atoms with van der Waals surface area (Å²) < 4.78 is 17.1. The average Bonchev–Trinajstić information content (AvgIpc) is 2.88. The van der Waals surface area contributed by atoms with Gasteiger partial charge in [0.1, 0.15) is 5.75 Å². The molecule has 0 atom stereocenters. The van der Waals surface area contributed by atoms with E-state index in [2.05, 4.69) is 6.92 Å². The van der Waals surface area contributed by atoms with Crippen molar-refractivity contribution in [3.63, 3.8) is 0 Å². The largest absolute Gasteiger partial charge is 0.496 e. The zero-order valence-corrected chi connectivity index (χ0v) is 22.2. The molecular weight excluding hydrogens is 458 g/mol. The summed E-state index contributed by atoms with van der Waals surface area (Å²) in [6.45, 7) is 4.50. The zero-order chi connectivity index (χ0) is 26.1. The maximum absolute atomic E-state index is 13.5. The fourth-order valence-electron chi connectivity index (χ4n) is 4.22. The number of rotatable bonds is 12. The van der Waals surface area contributed by atoms with E-state index in [0.29, 0.717) is 49.9 Å². The number of unbranched alkanes of at least 4 members (excludes halogenated alkanes) is 2. The first-order valence-corrected chi connectivity index (χ1v) is 12.6. The number of urea groups is 1. The molecule has 0 spiro atoms. The number of hydrogen-bond acceptors (Lipinski definition) is 5. The van der Waals surface area contributed by atoms with Crippen LogP contribution in [0.3, 0.4) is 0 Å². The Morgan fingerprint density at radius 3 is 2.44 bits per heavy atom. The molecule has 0 unspecified atom stereocenters. The van der Waals surface area contributed by atoms with Crippen molar-refractivity contribution in [1.82, 2.24) is 9.80 Å². The molecule has 8 heteroatoms.